The summed E-state index contributed by atoms with van der Waals surface area (Å²) >= 11 is 0. The maximum atomic E-state index is 12.2. The van der Waals surface area contributed by atoms with Gasteiger partial charge < -0.3 is 0 Å². The van der Waals surface area contributed by atoms with Gasteiger partial charge >= 0.3 is 0 Å². The molecule has 5 nitrogen and oxygen atoms in total. The van der Waals surface area contributed by atoms with E-state index in [0.29, 0.717) is 12.1 Å². The first-order valence-electron chi connectivity index (χ1n) is 9.35. The molecule has 3 aromatic carbocycles. The van der Waals surface area contributed by atoms with Crippen molar-refractivity contribution in [3.63, 3.8) is 0 Å². The molecule has 1 amide bonds. The zero-order valence-electron chi connectivity index (χ0n) is 15.8. The first-order valence-corrected chi connectivity index (χ1v) is 9.35. The van der Waals surface area contributed by atoms with Crippen molar-refractivity contribution in [2.75, 3.05) is 0 Å². The number of hydrogen-bond acceptors (Lipinski definition) is 3. The zero-order chi connectivity index (χ0) is 19.9. The summed E-state index contributed by atoms with van der Waals surface area (Å²) in [4.78, 5) is 12.2. The Balaban J connectivity index is 1.58. The number of amides is 1. The molecule has 5 heteroatoms. The number of nitrogens with one attached hydrogen (secondary N) is 1. The predicted molar refractivity (Wildman–Crippen MR) is 115 cm³/mol. The molecule has 142 valence electrons. The molecule has 29 heavy (non-hydrogen) atoms. The highest BCUT2D eigenvalue weighted by Crippen LogP contribution is 2.21. The summed E-state index contributed by atoms with van der Waals surface area (Å²) in [5, 5.41) is 8.89. The summed E-state index contributed by atoms with van der Waals surface area (Å²) in [7, 11) is 0. The first-order chi connectivity index (χ1) is 14.3. The van der Waals surface area contributed by atoms with Crippen molar-refractivity contribution in [1.82, 2.24) is 15.2 Å². The summed E-state index contributed by atoms with van der Waals surface area (Å²) in [5.74, 6) is -0.250. The minimum atomic E-state index is -0.250. The van der Waals surface area contributed by atoms with Gasteiger partial charge in [0.15, 0.2) is 0 Å². The molecule has 0 saturated heterocycles. The number of hydrazone groups is 1. The van der Waals surface area contributed by atoms with Crippen molar-refractivity contribution in [1.29, 1.82) is 0 Å². The molecule has 1 N–H and O–H groups in total. The minimum absolute atomic E-state index is 0.250. The average Bonchev–Trinajstić information content (AvgIpc) is 3.18. The molecule has 0 atom stereocenters. The third-order valence-electron chi connectivity index (χ3n) is 4.43. The van der Waals surface area contributed by atoms with Crippen molar-refractivity contribution in [3.8, 4) is 11.3 Å². The lowest BCUT2D eigenvalue weighted by atomic mass is 10.1. The summed E-state index contributed by atoms with van der Waals surface area (Å²) in [5.41, 5.74) is 6.95. The Morgan fingerprint density at radius 2 is 1.52 bits per heavy atom. The fourth-order valence-corrected chi connectivity index (χ4v) is 3.02. The van der Waals surface area contributed by atoms with Gasteiger partial charge in [-0.15, -0.1) is 0 Å². The molecule has 0 saturated carbocycles. The molecule has 4 rings (SSSR count). The molecule has 1 heterocycles. The van der Waals surface area contributed by atoms with Crippen LogP contribution in [0.4, 0.5) is 0 Å². The van der Waals surface area contributed by atoms with Crippen LogP contribution in [-0.4, -0.2) is 21.9 Å². The highest BCUT2D eigenvalue weighted by molar-refractivity contribution is 5.95. The van der Waals surface area contributed by atoms with E-state index < -0.39 is 0 Å². The molecule has 0 bridgehead atoms. The average molecular weight is 380 g/mol. The van der Waals surface area contributed by atoms with E-state index in [9.17, 15) is 4.79 Å². The quantitative estimate of drug-likeness (QED) is 0.399. The van der Waals surface area contributed by atoms with Gasteiger partial charge in [-0.05, 0) is 17.7 Å². The Hall–Kier alpha value is -3.99. The minimum Gasteiger partial charge on any atom is -0.267 e. The Kier molecular flexibility index (Phi) is 5.58. The van der Waals surface area contributed by atoms with E-state index in [0.717, 1.165) is 22.4 Å². The van der Waals surface area contributed by atoms with Crippen molar-refractivity contribution in [3.05, 3.63) is 114 Å². The standard InChI is InChI=1S/C24H20N4O/c29-24(21-14-8-3-9-15-21)26-25-16-22-18-28(17-19-10-4-1-5-11-19)27-23(22)20-12-6-2-7-13-20/h1-16,18H,17H2,(H,26,29)/b25-16-. The molecule has 0 radical (unpaired) electrons. The van der Waals surface area contributed by atoms with Crippen LogP contribution in [0.5, 0.6) is 0 Å². The molecule has 4 aromatic rings. The van der Waals surface area contributed by atoms with Crippen LogP contribution in [0.1, 0.15) is 21.5 Å². The molecule has 0 aliphatic carbocycles. The van der Waals surface area contributed by atoms with E-state index in [4.69, 9.17) is 5.10 Å². The van der Waals surface area contributed by atoms with Crippen LogP contribution in [0, 0.1) is 0 Å². The molecular formula is C24H20N4O. The SMILES string of the molecule is O=C(N/N=C\c1cn(Cc2ccccc2)nc1-c1ccccc1)c1ccccc1. The maximum Gasteiger partial charge on any atom is 0.271 e. The molecule has 0 aliphatic heterocycles. The second kappa shape index (κ2) is 8.80. The molecular weight excluding hydrogens is 360 g/mol. The zero-order valence-corrected chi connectivity index (χ0v) is 15.8. The monoisotopic (exact) mass is 380 g/mol. The Labute approximate surface area is 169 Å². The van der Waals surface area contributed by atoms with Crippen LogP contribution in [0.15, 0.2) is 102 Å². The van der Waals surface area contributed by atoms with Gasteiger partial charge in [-0.2, -0.15) is 10.2 Å². The van der Waals surface area contributed by atoms with E-state index in [-0.39, 0.29) is 5.91 Å². The van der Waals surface area contributed by atoms with Crippen LogP contribution in [-0.2, 0) is 6.54 Å². The van der Waals surface area contributed by atoms with Crippen LogP contribution >= 0.6 is 0 Å². The van der Waals surface area contributed by atoms with Crippen LogP contribution in [0.3, 0.4) is 0 Å². The first kappa shape index (κ1) is 18.4. The third-order valence-corrected chi connectivity index (χ3v) is 4.43. The van der Waals surface area contributed by atoms with Crippen molar-refractivity contribution in [2.24, 2.45) is 5.10 Å². The highest BCUT2D eigenvalue weighted by atomic mass is 16.2. The van der Waals surface area contributed by atoms with E-state index in [1.54, 1.807) is 18.3 Å². The van der Waals surface area contributed by atoms with Gasteiger partial charge in [0.05, 0.1) is 12.8 Å². The van der Waals surface area contributed by atoms with Gasteiger partial charge in [0.1, 0.15) is 5.69 Å². The summed E-state index contributed by atoms with van der Waals surface area (Å²) in [6, 6.07) is 29.1. The summed E-state index contributed by atoms with van der Waals surface area (Å²) in [6.07, 6.45) is 3.57. The molecule has 0 spiro atoms. The maximum absolute atomic E-state index is 12.2. The number of carbonyl (C=O) groups excluding carboxylic acids is 1. The summed E-state index contributed by atoms with van der Waals surface area (Å²) in [6.45, 7) is 0.658. The van der Waals surface area contributed by atoms with Gasteiger partial charge in [-0.3, -0.25) is 9.48 Å². The lowest BCUT2D eigenvalue weighted by Crippen LogP contribution is -2.17. The smallest absolute Gasteiger partial charge is 0.267 e. The van der Waals surface area contributed by atoms with Gasteiger partial charge in [0.2, 0.25) is 0 Å². The largest absolute Gasteiger partial charge is 0.271 e. The molecule has 0 fully saturated rings. The fourth-order valence-electron chi connectivity index (χ4n) is 3.02. The second-order valence-corrected chi connectivity index (χ2v) is 6.55. The van der Waals surface area contributed by atoms with Crippen molar-refractivity contribution in [2.45, 2.75) is 6.54 Å². The predicted octanol–water partition coefficient (Wildman–Crippen LogP) is 4.36. The highest BCUT2D eigenvalue weighted by Gasteiger charge is 2.10. The van der Waals surface area contributed by atoms with Crippen LogP contribution in [0.25, 0.3) is 11.3 Å². The Morgan fingerprint density at radius 1 is 0.897 bits per heavy atom. The van der Waals surface area contributed by atoms with Crippen molar-refractivity contribution < 1.29 is 4.79 Å². The normalized spacial score (nSPS) is 10.9. The Bertz CT molecular complexity index is 1100. The fraction of sp³-hybridized carbons (Fsp3) is 0.0417. The number of aromatic nitrogens is 2. The van der Waals surface area contributed by atoms with Crippen LogP contribution in [0.2, 0.25) is 0 Å². The summed E-state index contributed by atoms with van der Waals surface area (Å²) < 4.78 is 1.89. The molecule has 1 aromatic heterocycles. The van der Waals surface area contributed by atoms with E-state index in [1.807, 2.05) is 77.6 Å². The second-order valence-electron chi connectivity index (χ2n) is 6.55. The lowest BCUT2D eigenvalue weighted by Gasteiger charge is -2.01. The van der Waals surface area contributed by atoms with E-state index in [1.165, 1.54) is 0 Å². The molecule has 0 aliphatic rings. The number of nitrogens with zero attached hydrogens (tertiary/aromatic N) is 3. The van der Waals surface area contributed by atoms with E-state index in [2.05, 4.69) is 22.7 Å². The van der Waals surface area contributed by atoms with Crippen molar-refractivity contribution >= 4 is 12.1 Å². The number of rotatable bonds is 6. The topological polar surface area (TPSA) is 59.3 Å². The Morgan fingerprint density at radius 3 is 2.21 bits per heavy atom. The van der Waals surface area contributed by atoms with Crippen LogP contribution < -0.4 is 5.43 Å². The number of hydrogen-bond donors (Lipinski definition) is 1. The van der Waals surface area contributed by atoms with Gasteiger partial charge in [-0.1, -0.05) is 78.9 Å². The van der Waals surface area contributed by atoms with Gasteiger partial charge in [0.25, 0.3) is 5.91 Å². The lowest BCUT2D eigenvalue weighted by molar-refractivity contribution is 0.0955. The van der Waals surface area contributed by atoms with E-state index >= 15 is 0 Å². The number of benzene rings is 3. The van der Waals surface area contributed by atoms with Gasteiger partial charge in [-0.25, -0.2) is 5.43 Å². The third kappa shape index (κ3) is 4.65. The molecule has 0 unspecified atom stereocenters. The van der Waals surface area contributed by atoms with Gasteiger partial charge in [0, 0.05) is 22.9 Å². The number of carbonyl (C=O) groups is 1.